The van der Waals surface area contributed by atoms with E-state index in [0.29, 0.717) is 22.6 Å². The summed E-state index contributed by atoms with van der Waals surface area (Å²) in [5.74, 6) is -2.06. The predicted octanol–water partition coefficient (Wildman–Crippen LogP) is 5.45. The standard InChI is InChI=1S/C34H37FN4O6S/c1-5-45-28-19-22(10-13-27(28)35)30(38-23-11-12-24-21(18-23)14-16-37-32(24)36)33(40)39-17-15-26(34(41)44-4)31(39)25-8-6-7-9-29(25)46(42,43)20(2)3/h6-14,16,18-20,26,30-31,38H,5,15,17H2,1-4H3,(H2,36,37)/t26-,30?,31-/m0/s1. The van der Waals surface area contributed by atoms with Crippen molar-refractivity contribution in [1.82, 2.24) is 9.88 Å². The molecule has 1 aromatic heterocycles. The number of hydrogen-bond acceptors (Lipinski definition) is 9. The molecule has 0 aliphatic carbocycles. The van der Waals surface area contributed by atoms with Gasteiger partial charge in [-0.25, -0.2) is 17.8 Å². The SMILES string of the molecule is CCOc1cc(C(Nc2ccc3c(N)nccc3c2)C(=O)N2CC[C@H](C(=O)OC)[C@@H]2c2ccccc2S(=O)(=O)C(C)C)ccc1F. The van der Waals surface area contributed by atoms with Gasteiger partial charge in [-0.05, 0) is 86.2 Å². The van der Waals surface area contributed by atoms with Gasteiger partial charge in [-0.1, -0.05) is 24.3 Å². The van der Waals surface area contributed by atoms with Crippen molar-refractivity contribution in [3.05, 3.63) is 89.9 Å². The Balaban J connectivity index is 1.64. The van der Waals surface area contributed by atoms with Crippen LogP contribution in [0.1, 0.15) is 50.4 Å². The van der Waals surface area contributed by atoms with Crippen molar-refractivity contribution >= 4 is 44.0 Å². The number of nitrogens with zero attached hydrogens (tertiary/aromatic N) is 2. The number of rotatable bonds is 10. The first kappa shape index (κ1) is 32.7. The minimum Gasteiger partial charge on any atom is -0.491 e. The Hall–Kier alpha value is -4.71. The molecule has 4 aromatic rings. The number of nitrogens with one attached hydrogen (secondary N) is 1. The summed E-state index contributed by atoms with van der Waals surface area (Å²) < 4.78 is 52.3. The van der Waals surface area contributed by atoms with Crippen LogP contribution in [0.3, 0.4) is 0 Å². The summed E-state index contributed by atoms with van der Waals surface area (Å²) in [5.41, 5.74) is 7.36. The number of amides is 1. The number of carbonyl (C=O) groups excluding carboxylic acids is 2. The number of carbonyl (C=O) groups is 2. The van der Waals surface area contributed by atoms with E-state index >= 15 is 0 Å². The van der Waals surface area contributed by atoms with Crippen molar-refractivity contribution in [3.63, 3.8) is 0 Å². The maximum atomic E-state index is 14.8. The van der Waals surface area contributed by atoms with Crippen LogP contribution in [-0.2, 0) is 24.2 Å². The highest BCUT2D eigenvalue weighted by atomic mass is 32.2. The topological polar surface area (TPSA) is 141 Å². The first-order valence-corrected chi connectivity index (χ1v) is 16.6. The summed E-state index contributed by atoms with van der Waals surface area (Å²) in [7, 11) is -2.53. The molecule has 3 N–H and O–H groups in total. The zero-order valence-electron chi connectivity index (χ0n) is 26.1. The lowest BCUT2D eigenvalue weighted by atomic mass is 9.93. The summed E-state index contributed by atoms with van der Waals surface area (Å²) in [6, 6.07) is 15.8. The zero-order valence-corrected chi connectivity index (χ0v) is 26.9. The van der Waals surface area contributed by atoms with Gasteiger partial charge in [0, 0.05) is 23.8 Å². The number of sulfone groups is 1. The van der Waals surface area contributed by atoms with Crippen LogP contribution in [0.25, 0.3) is 10.8 Å². The molecule has 0 bridgehead atoms. The average Bonchev–Trinajstić information content (AvgIpc) is 3.49. The Labute approximate surface area is 267 Å². The second kappa shape index (κ2) is 13.3. The number of hydrogen-bond donors (Lipinski definition) is 2. The highest BCUT2D eigenvalue weighted by molar-refractivity contribution is 7.92. The Morgan fingerprint density at radius 3 is 2.59 bits per heavy atom. The van der Waals surface area contributed by atoms with Crippen molar-refractivity contribution in [1.29, 1.82) is 0 Å². The van der Waals surface area contributed by atoms with Gasteiger partial charge in [-0.2, -0.15) is 0 Å². The fourth-order valence-electron chi connectivity index (χ4n) is 5.94. The molecule has 0 saturated carbocycles. The summed E-state index contributed by atoms with van der Waals surface area (Å²) in [4.78, 5) is 33.5. The van der Waals surface area contributed by atoms with Crippen LogP contribution in [0.4, 0.5) is 15.9 Å². The molecular weight excluding hydrogens is 611 g/mol. The lowest BCUT2D eigenvalue weighted by Crippen LogP contribution is -2.40. The largest absolute Gasteiger partial charge is 0.491 e. The molecule has 46 heavy (non-hydrogen) atoms. The number of esters is 1. The normalized spacial score (nSPS) is 17.2. The molecule has 12 heteroatoms. The lowest BCUT2D eigenvalue weighted by molar-refractivity contribution is -0.147. The summed E-state index contributed by atoms with van der Waals surface area (Å²) in [6.07, 6.45) is 1.84. The maximum Gasteiger partial charge on any atom is 0.311 e. The Morgan fingerprint density at radius 2 is 1.87 bits per heavy atom. The number of halogens is 1. The number of nitrogen functional groups attached to an aromatic ring is 1. The molecule has 1 unspecified atom stereocenters. The van der Waals surface area contributed by atoms with Crippen molar-refractivity contribution in [2.24, 2.45) is 5.92 Å². The van der Waals surface area contributed by atoms with Crippen molar-refractivity contribution in [2.75, 3.05) is 31.3 Å². The van der Waals surface area contributed by atoms with E-state index in [4.69, 9.17) is 15.2 Å². The Morgan fingerprint density at radius 1 is 1.11 bits per heavy atom. The second-order valence-corrected chi connectivity index (χ2v) is 13.8. The summed E-state index contributed by atoms with van der Waals surface area (Å²) in [5, 5.41) is 4.09. The first-order valence-electron chi connectivity index (χ1n) is 15.0. The third-order valence-corrected chi connectivity index (χ3v) is 10.5. The monoisotopic (exact) mass is 648 g/mol. The maximum absolute atomic E-state index is 14.8. The summed E-state index contributed by atoms with van der Waals surface area (Å²) in [6.45, 7) is 5.25. The quantitative estimate of drug-likeness (QED) is 0.215. The number of aromatic nitrogens is 1. The highest BCUT2D eigenvalue weighted by Gasteiger charge is 2.46. The number of ether oxygens (including phenoxy) is 2. The van der Waals surface area contributed by atoms with E-state index < -0.39 is 50.8 Å². The molecule has 2 heterocycles. The van der Waals surface area contributed by atoms with E-state index in [1.807, 2.05) is 6.07 Å². The van der Waals surface area contributed by atoms with E-state index in [-0.39, 0.29) is 30.2 Å². The number of anilines is 2. The van der Waals surface area contributed by atoms with Crippen LogP contribution in [0.5, 0.6) is 5.75 Å². The molecule has 0 spiro atoms. The predicted molar refractivity (Wildman–Crippen MR) is 173 cm³/mol. The first-order chi connectivity index (χ1) is 22.0. The molecule has 1 aliphatic heterocycles. The van der Waals surface area contributed by atoms with Gasteiger partial charge < -0.3 is 25.4 Å². The molecular formula is C34H37FN4O6S. The van der Waals surface area contributed by atoms with Crippen molar-refractivity contribution < 1.29 is 31.9 Å². The zero-order chi connectivity index (χ0) is 33.2. The highest BCUT2D eigenvalue weighted by Crippen LogP contribution is 2.43. The molecule has 242 valence electrons. The fraction of sp³-hybridized carbons (Fsp3) is 0.324. The number of methoxy groups -OCH3 is 1. The number of likely N-dealkylation sites (tertiary alicyclic amines) is 1. The number of nitrogens with two attached hydrogens (primary N) is 1. The van der Waals surface area contributed by atoms with E-state index in [1.165, 1.54) is 36.3 Å². The van der Waals surface area contributed by atoms with Gasteiger partial charge in [0.15, 0.2) is 21.4 Å². The van der Waals surface area contributed by atoms with Gasteiger partial charge >= 0.3 is 5.97 Å². The van der Waals surface area contributed by atoms with Gasteiger partial charge in [-0.3, -0.25) is 9.59 Å². The molecule has 1 saturated heterocycles. The van der Waals surface area contributed by atoms with Gasteiger partial charge in [0.25, 0.3) is 0 Å². The smallest absolute Gasteiger partial charge is 0.311 e. The number of benzene rings is 3. The van der Waals surface area contributed by atoms with Crippen LogP contribution in [0.2, 0.25) is 0 Å². The summed E-state index contributed by atoms with van der Waals surface area (Å²) >= 11 is 0. The van der Waals surface area contributed by atoms with Crippen molar-refractivity contribution in [3.8, 4) is 5.75 Å². The van der Waals surface area contributed by atoms with Crippen LogP contribution < -0.4 is 15.8 Å². The second-order valence-electron chi connectivity index (χ2n) is 11.4. The Kier molecular flexibility index (Phi) is 9.47. The molecule has 3 atom stereocenters. The molecule has 1 amide bonds. The third-order valence-electron chi connectivity index (χ3n) is 8.29. The van der Waals surface area contributed by atoms with E-state index in [0.717, 1.165) is 10.8 Å². The van der Waals surface area contributed by atoms with Gasteiger partial charge in [0.2, 0.25) is 5.91 Å². The van der Waals surface area contributed by atoms with E-state index in [9.17, 15) is 22.4 Å². The molecule has 10 nitrogen and oxygen atoms in total. The van der Waals surface area contributed by atoms with Crippen LogP contribution in [-0.4, -0.2) is 55.7 Å². The number of fused-ring (bicyclic) bond motifs is 1. The minimum absolute atomic E-state index is 0.0178. The number of pyridine rings is 1. The average molecular weight is 649 g/mol. The third kappa shape index (κ3) is 6.21. The van der Waals surface area contributed by atoms with Crippen LogP contribution >= 0.6 is 0 Å². The van der Waals surface area contributed by atoms with Gasteiger partial charge in [-0.15, -0.1) is 0 Å². The lowest BCUT2D eigenvalue weighted by Gasteiger charge is -2.33. The molecule has 1 fully saturated rings. The molecule has 5 rings (SSSR count). The van der Waals surface area contributed by atoms with Crippen molar-refractivity contribution in [2.45, 2.75) is 49.4 Å². The minimum atomic E-state index is -3.79. The molecule has 1 aliphatic rings. The van der Waals surface area contributed by atoms with E-state index in [1.54, 1.807) is 63.4 Å². The molecule has 3 aromatic carbocycles. The fourth-order valence-corrected chi connectivity index (χ4v) is 7.23. The molecule has 0 radical (unpaired) electrons. The van der Waals surface area contributed by atoms with E-state index in [2.05, 4.69) is 10.3 Å². The van der Waals surface area contributed by atoms with Gasteiger partial charge in [0.1, 0.15) is 11.9 Å². The van der Waals surface area contributed by atoms with Crippen LogP contribution in [0, 0.1) is 11.7 Å². The van der Waals surface area contributed by atoms with Crippen LogP contribution in [0.15, 0.2) is 77.8 Å². The van der Waals surface area contributed by atoms with Gasteiger partial charge in [0.05, 0.1) is 35.8 Å². The Bertz CT molecular complexity index is 1880.